The molecule has 1 fully saturated rings. The van der Waals surface area contributed by atoms with Gasteiger partial charge in [0.1, 0.15) is 0 Å². The topological polar surface area (TPSA) is 151 Å². The van der Waals surface area contributed by atoms with Crippen LogP contribution in [-0.2, 0) is 40.6 Å². The monoisotopic (exact) mass is 561 g/mol. The van der Waals surface area contributed by atoms with E-state index in [1.54, 1.807) is 6.92 Å². The molecular weight excluding hydrogens is 539 g/mol. The van der Waals surface area contributed by atoms with E-state index in [0.29, 0.717) is 5.92 Å². The van der Waals surface area contributed by atoms with Crippen molar-refractivity contribution in [2.24, 2.45) is 0 Å². The molecule has 10 nitrogen and oxygen atoms in total. The van der Waals surface area contributed by atoms with Gasteiger partial charge in [-0.05, 0) is 26.4 Å². The van der Waals surface area contributed by atoms with E-state index in [4.69, 9.17) is 14.5 Å². The first-order valence-corrected chi connectivity index (χ1v) is 8.97. The molecule has 1 aromatic heterocycles. The third-order valence-corrected chi connectivity index (χ3v) is 5.43. The summed E-state index contributed by atoms with van der Waals surface area (Å²) in [7, 11) is -4.79. The van der Waals surface area contributed by atoms with Crippen molar-refractivity contribution >= 4 is 7.82 Å². The molecule has 0 saturated carbocycles. The van der Waals surface area contributed by atoms with Crippen LogP contribution in [0.25, 0.3) is 0 Å². The molecule has 12 heteroatoms. The van der Waals surface area contributed by atoms with Gasteiger partial charge in [0, 0.05) is 17.5 Å². The molecule has 1 aliphatic heterocycles. The molecule has 0 spiro atoms. The first-order chi connectivity index (χ1) is 11.1. The van der Waals surface area contributed by atoms with Crippen molar-refractivity contribution in [3.05, 3.63) is 38.5 Å². The minimum Gasteiger partial charge on any atom is -0.419 e. The van der Waals surface area contributed by atoms with E-state index in [0.717, 1.165) is 4.57 Å². The molecule has 0 aliphatic carbocycles. The predicted octanol–water partition coefficient (Wildman–Crippen LogP) is -0.241. The van der Waals surface area contributed by atoms with E-state index in [2.05, 4.69) is 9.51 Å². The molecule has 0 bridgehead atoms. The van der Waals surface area contributed by atoms with Gasteiger partial charge in [0.05, 0.1) is 12.2 Å². The SMILES string of the molecule is Cc1cn(C2(C)OC(C)(COP(=O)(O)O)C(C)(O)[C-]2C)c(=O)[nH]c1=O.[W+2]. The molecule has 0 amide bonds. The summed E-state index contributed by atoms with van der Waals surface area (Å²) in [5, 5.41) is 10.9. The molecule has 0 aromatic carbocycles. The van der Waals surface area contributed by atoms with E-state index in [1.165, 1.54) is 33.9 Å². The molecule has 3 atom stereocenters. The van der Waals surface area contributed by atoms with Crippen LogP contribution in [0.15, 0.2) is 15.8 Å². The number of nitrogens with zero attached hydrogens (tertiary/aromatic N) is 1. The fraction of sp³-hybridized carbons (Fsp3) is 0.643. The minimum atomic E-state index is -4.79. The third-order valence-electron chi connectivity index (χ3n) is 4.97. The van der Waals surface area contributed by atoms with Crippen molar-refractivity contribution in [2.45, 2.75) is 51.5 Å². The Morgan fingerprint density at radius 2 is 1.88 bits per heavy atom. The van der Waals surface area contributed by atoms with E-state index < -0.39 is 42.6 Å². The number of aryl methyl sites for hydroxylation is 1. The summed E-state index contributed by atoms with van der Waals surface area (Å²) in [6.45, 7) is 6.78. The summed E-state index contributed by atoms with van der Waals surface area (Å²) < 4.78 is 22.6. The summed E-state index contributed by atoms with van der Waals surface area (Å²) in [6, 6.07) is 0. The van der Waals surface area contributed by atoms with Gasteiger partial charge in [0.25, 0.3) is 5.56 Å². The van der Waals surface area contributed by atoms with Gasteiger partial charge >= 0.3 is 34.6 Å². The van der Waals surface area contributed by atoms with Crippen LogP contribution in [-0.4, -0.2) is 42.3 Å². The Hall–Kier alpha value is -0.602. The Bertz CT molecular complexity index is 846. The van der Waals surface area contributed by atoms with Crippen molar-refractivity contribution in [2.75, 3.05) is 6.61 Å². The second kappa shape index (κ2) is 7.09. The Labute approximate surface area is 164 Å². The number of H-pyrrole nitrogens is 1. The number of hydrogen-bond donors (Lipinski definition) is 4. The van der Waals surface area contributed by atoms with E-state index >= 15 is 0 Å². The number of hydrogen-bond acceptors (Lipinski definition) is 6. The number of rotatable bonds is 4. The largest absolute Gasteiger partial charge is 2.00 e. The molecule has 2 heterocycles. The minimum absolute atomic E-state index is 0. The standard InChI is InChI=1S/C14H22N2O8P.W/c1-8-6-16(11(18)15-10(8)17)14(5)9(2)13(4,19)12(3,24-14)7-23-25(20,21)22;/h6,19H,7H2,1-5H3,(H,15,17,18)(H2,20,21,22);/q-1;+2. The zero-order valence-electron chi connectivity index (χ0n) is 15.0. The van der Waals surface area contributed by atoms with Crippen molar-refractivity contribution in [3.8, 4) is 0 Å². The second-order valence-corrected chi connectivity index (χ2v) is 7.96. The number of nitrogens with one attached hydrogen (secondary N) is 1. The average Bonchev–Trinajstić information content (AvgIpc) is 2.59. The van der Waals surface area contributed by atoms with Crippen molar-refractivity contribution in [1.29, 1.82) is 0 Å². The Kier molecular flexibility index (Phi) is 6.39. The number of aliphatic hydroxyl groups is 1. The van der Waals surface area contributed by atoms with E-state index in [1.807, 2.05) is 0 Å². The molecule has 26 heavy (non-hydrogen) atoms. The number of phosphoric acid groups is 1. The van der Waals surface area contributed by atoms with Gasteiger partial charge in [-0.25, -0.2) is 15.3 Å². The van der Waals surface area contributed by atoms with Gasteiger partial charge in [-0.2, -0.15) is 6.92 Å². The average molecular weight is 561 g/mol. The molecule has 146 valence electrons. The molecule has 0 radical (unpaired) electrons. The van der Waals surface area contributed by atoms with Crippen molar-refractivity contribution in [1.82, 2.24) is 9.55 Å². The third kappa shape index (κ3) is 3.82. The van der Waals surface area contributed by atoms with Crippen LogP contribution in [0.1, 0.15) is 33.3 Å². The van der Waals surface area contributed by atoms with Gasteiger partial charge in [-0.3, -0.25) is 18.9 Å². The molecule has 2 rings (SSSR count). The summed E-state index contributed by atoms with van der Waals surface area (Å²) >= 11 is 0. The van der Waals surface area contributed by atoms with Crippen LogP contribution in [0.5, 0.6) is 0 Å². The molecule has 1 aliphatic rings. The smallest absolute Gasteiger partial charge is 0.419 e. The quantitative estimate of drug-likeness (QED) is 0.291. The van der Waals surface area contributed by atoms with Crippen molar-refractivity contribution in [3.63, 3.8) is 0 Å². The molecule has 1 aromatic rings. The fourth-order valence-corrected chi connectivity index (χ4v) is 3.37. The number of aromatic nitrogens is 2. The Morgan fingerprint density at radius 3 is 2.38 bits per heavy atom. The van der Waals surface area contributed by atoms with Crippen LogP contribution in [0.4, 0.5) is 0 Å². The van der Waals surface area contributed by atoms with Crippen LogP contribution in [0, 0.1) is 12.8 Å². The van der Waals surface area contributed by atoms with E-state index in [-0.39, 0.29) is 26.6 Å². The van der Waals surface area contributed by atoms with Gasteiger partial charge in [0.15, 0.2) is 0 Å². The molecule has 4 N–H and O–H groups in total. The Balaban J connectivity index is 0.00000338. The van der Waals surface area contributed by atoms with Gasteiger partial charge in [0.2, 0.25) is 0 Å². The van der Waals surface area contributed by atoms with Crippen LogP contribution in [0.2, 0.25) is 0 Å². The maximum Gasteiger partial charge on any atom is 2.00 e. The maximum atomic E-state index is 12.2. The summed E-state index contributed by atoms with van der Waals surface area (Å²) in [6.07, 6.45) is 1.30. The second-order valence-electron chi connectivity index (χ2n) is 6.72. The molecular formula is C14H22N2O8PW+. The summed E-state index contributed by atoms with van der Waals surface area (Å²) in [4.78, 5) is 43.9. The van der Waals surface area contributed by atoms with Crippen molar-refractivity contribution < 1.29 is 49.8 Å². The maximum absolute atomic E-state index is 12.2. The normalized spacial score (nSPS) is 32.5. The first-order valence-electron chi connectivity index (χ1n) is 7.44. The van der Waals surface area contributed by atoms with E-state index in [9.17, 15) is 19.3 Å². The van der Waals surface area contributed by atoms with Crippen LogP contribution >= 0.6 is 7.82 Å². The molecule has 1 saturated heterocycles. The number of aromatic amines is 1. The predicted molar refractivity (Wildman–Crippen MR) is 86.7 cm³/mol. The number of ether oxygens (including phenoxy) is 1. The van der Waals surface area contributed by atoms with Crippen LogP contribution in [0.3, 0.4) is 0 Å². The zero-order valence-corrected chi connectivity index (χ0v) is 18.8. The van der Waals surface area contributed by atoms with Gasteiger partial charge < -0.3 is 19.6 Å². The fourth-order valence-electron chi connectivity index (χ4n) is 2.95. The summed E-state index contributed by atoms with van der Waals surface area (Å²) in [5.41, 5.74) is -5.73. The Morgan fingerprint density at radius 1 is 1.35 bits per heavy atom. The van der Waals surface area contributed by atoms with Gasteiger partial charge in [-0.15, -0.1) is 0 Å². The zero-order chi connectivity index (χ0) is 19.4. The van der Waals surface area contributed by atoms with Gasteiger partial charge in [-0.1, -0.05) is 6.92 Å². The number of phosphoric ester groups is 1. The van der Waals surface area contributed by atoms with Crippen LogP contribution < -0.4 is 11.2 Å². The molecule has 3 unspecified atom stereocenters. The summed E-state index contributed by atoms with van der Waals surface area (Å²) in [5.74, 6) is 0.311. The first kappa shape index (κ1) is 23.4.